The molecule has 0 radical (unpaired) electrons. The second-order valence-corrected chi connectivity index (χ2v) is 15.0. The summed E-state index contributed by atoms with van der Waals surface area (Å²) in [5.74, 6) is 0.563. The molecule has 1 aliphatic heterocycles. The molecule has 0 unspecified atom stereocenters. The fourth-order valence-electron chi connectivity index (χ4n) is 8.07. The summed E-state index contributed by atoms with van der Waals surface area (Å²) in [5, 5.41) is 9.73. The minimum absolute atomic E-state index is 0.0108. The van der Waals surface area contributed by atoms with Crippen LogP contribution in [0.5, 0.6) is 11.5 Å². The SMILES string of the molecule is Cc1c2c(cc3c1OC(C)(C)O3)[C@]1(C)CCC(C)(C)[C@](C)(CC[C@]3(C)CC[C@](C)(C(=O)O)CC3)C1=CC2. The average molecular weight is 509 g/mol. The zero-order valence-corrected chi connectivity index (χ0v) is 24.7. The summed E-state index contributed by atoms with van der Waals surface area (Å²) >= 11 is 0. The second kappa shape index (κ2) is 8.02. The van der Waals surface area contributed by atoms with Crippen LogP contribution >= 0.6 is 0 Å². The van der Waals surface area contributed by atoms with Crippen LogP contribution in [0.2, 0.25) is 0 Å². The highest BCUT2D eigenvalue weighted by Crippen LogP contribution is 2.65. The predicted molar refractivity (Wildman–Crippen MR) is 148 cm³/mol. The van der Waals surface area contributed by atoms with Crippen molar-refractivity contribution in [2.45, 2.75) is 131 Å². The van der Waals surface area contributed by atoms with Crippen LogP contribution in [0, 0.1) is 28.6 Å². The largest absolute Gasteiger partial charge is 0.481 e. The van der Waals surface area contributed by atoms with E-state index in [2.05, 4.69) is 53.7 Å². The van der Waals surface area contributed by atoms with Gasteiger partial charge in [-0.15, -0.1) is 0 Å². The van der Waals surface area contributed by atoms with Crippen molar-refractivity contribution in [3.05, 3.63) is 34.4 Å². The van der Waals surface area contributed by atoms with Gasteiger partial charge in [-0.25, -0.2) is 0 Å². The molecule has 1 aromatic carbocycles. The molecule has 1 aromatic rings. The number of hydrogen-bond donors (Lipinski definition) is 1. The third-order valence-electron chi connectivity index (χ3n) is 11.7. The van der Waals surface area contributed by atoms with Crippen LogP contribution < -0.4 is 9.47 Å². The van der Waals surface area contributed by atoms with E-state index in [-0.39, 0.29) is 21.7 Å². The van der Waals surface area contributed by atoms with Crippen LogP contribution in [0.1, 0.15) is 123 Å². The number of allylic oxidation sites excluding steroid dienone is 2. The summed E-state index contributed by atoms with van der Waals surface area (Å²) in [5.41, 5.74) is 5.62. The molecule has 4 aliphatic rings. The van der Waals surface area contributed by atoms with E-state index in [1.807, 2.05) is 20.8 Å². The number of hydrogen-bond acceptors (Lipinski definition) is 3. The summed E-state index contributed by atoms with van der Waals surface area (Å²) < 4.78 is 12.4. The molecule has 204 valence electrons. The van der Waals surface area contributed by atoms with Crippen molar-refractivity contribution in [1.29, 1.82) is 0 Å². The van der Waals surface area contributed by atoms with E-state index < -0.39 is 17.2 Å². The summed E-state index contributed by atoms with van der Waals surface area (Å²) in [7, 11) is 0. The van der Waals surface area contributed by atoms with Gasteiger partial charge in [0.2, 0.25) is 5.79 Å². The zero-order chi connectivity index (χ0) is 27.2. The number of aliphatic carboxylic acids is 1. The van der Waals surface area contributed by atoms with Crippen LogP contribution in [-0.2, 0) is 16.6 Å². The van der Waals surface area contributed by atoms with Crippen LogP contribution in [0.25, 0.3) is 0 Å². The number of benzene rings is 1. The van der Waals surface area contributed by atoms with Crippen molar-refractivity contribution in [1.82, 2.24) is 0 Å². The van der Waals surface area contributed by atoms with E-state index in [9.17, 15) is 9.90 Å². The van der Waals surface area contributed by atoms with Crippen molar-refractivity contribution in [3.63, 3.8) is 0 Å². The smallest absolute Gasteiger partial charge is 0.309 e. The van der Waals surface area contributed by atoms with Crippen molar-refractivity contribution in [3.8, 4) is 11.5 Å². The Labute approximate surface area is 224 Å². The number of carboxylic acid groups (broad SMARTS) is 1. The lowest BCUT2D eigenvalue weighted by Gasteiger charge is -2.59. The first-order valence-corrected chi connectivity index (χ1v) is 14.5. The Morgan fingerprint density at radius 1 is 0.892 bits per heavy atom. The van der Waals surface area contributed by atoms with Gasteiger partial charge >= 0.3 is 5.97 Å². The molecule has 4 nitrogen and oxygen atoms in total. The maximum absolute atomic E-state index is 11.8. The Kier molecular flexibility index (Phi) is 5.77. The predicted octanol–water partition coefficient (Wildman–Crippen LogP) is 8.52. The first-order chi connectivity index (χ1) is 17.0. The fourth-order valence-corrected chi connectivity index (χ4v) is 8.07. The van der Waals surface area contributed by atoms with Gasteiger partial charge in [0.15, 0.2) is 11.5 Å². The van der Waals surface area contributed by atoms with Gasteiger partial charge in [0.25, 0.3) is 0 Å². The van der Waals surface area contributed by atoms with Crippen LogP contribution in [0.15, 0.2) is 17.7 Å². The molecule has 2 saturated carbocycles. The van der Waals surface area contributed by atoms with Crippen molar-refractivity contribution < 1.29 is 19.4 Å². The summed E-state index contributed by atoms with van der Waals surface area (Å²) in [6.45, 7) is 20.5. The van der Waals surface area contributed by atoms with Gasteiger partial charge in [-0.3, -0.25) is 4.79 Å². The van der Waals surface area contributed by atoms with Gasteiger partial charge in [0.1, 0.15) is 0 Å². The van der Waals surface area contributed by atoms with Crippen LogP contribution in [0.3, 0.4) is 0 Å². The molecule has 4 heteroatoms. The van der Waals surface area contributed by atoms with E-state index >= 15 is 0 Å². The summed E-state index contributed by atoms with van der Waals surface area (Å²) in [6, 6.07) is 2.30. The highest BCUT2D eigenvalue weighted by atomic mass is 16.7. The molecule has 0 aromatic heterocycles. The van der Waals surface area contributed by atoms with Gasteiger partial charge in [0, 0.05) is 19.3 Å². The van der Waals surface area contributed by atoms with Crippen LogP contribution in [0.4, 0.5) is 0 Å². The third-order valence-corrected chi connectivity index (χ3v) is 11.7. The van der Waals surface area contributed by atoms with E-state index in [0.717, 1.165) is 62.9 Å². The highest BCUT2D eigenvalue weighted by Gasteiger charge is 2.56. The number of fused-ring (bicyclic) bond motifs is 4. The maximum Gasteiger partial charge on any atom is 0.309 e. The summed E-state index contributed by atoms with van der Waals surface area (Å²) in [6.07, 6.45) is 11.7. The molecular formula is C33H48O4. The minimum Gasteiger partial charge on any atom is -0.481 e. The first kappa shape index (κ1) is 26.6. The quantitative estimate of drug-likeness (QED) is 0.414. The number of rotatable bonds is 4. The highest BCUT2D eigenvalue weighted by molar-refractivity contribution is 5.74. The molecule has 2 fully saturated rings. The minimum atomic E-state index is -0.628. The van der Waals surface area contributed by atoms with Crippen LogP contribution in [-0.4, -0.2) is 16.9 Å². The molecule has 5 rings (SSSR count). The van der Waals surface area contributed by atoms with Gasteiger partial charge in [-0.05, 0) is 111 Å². The molecular weight excluding hydrogens is 460 g/mol. The van der Waals surface area contributed by atoms with Gasteiger partial charge in [-0.2, -0.15) is 0 Å². The molecule has 1 heterocycles. The Hall–Kier alpha value is -1.97. The first-order valence-electron chi connectivity index (χ1n) is 14.5. The molecule has 0 saturated heterocycles. The lowest BCUT2D eigenvalue weighted by molar-refractivity contribution is -0.151. The molecule has 0 amide bonds. The standard InChI is InChI=1S/C33H48O4/c1-21-22-10-11-25-32(8,23(22)20-24-26(21)37-29(4,5)36-24)18-12-28(2,3)33(25,9)19-15-30(6)13-16-31(7,17-14-30)27(34)35/h11,20H,10,12-19H2,1-9H3,(H,34,35)/t30-,31+,32-,33+/m0/s1. The number of carbonyl (C=O) groups is 1. The molecule has 0 bridgehead atoms. The third kappa shape index (κ3) is 3.95. The van der Waals surface area contributed by atoms with Gasteiger partial charge in [-0.1, -0.05) is 46.3 Å². The van der Waals surface area contributed by atoms with E-state index in [4.69, 9.17) is 9.47 Å². The number of carboxylic acids is 1. The molecule has 1 N–H and O–H groups in total. The van der Waals surface area contributed by atoms with Crippen molar-refractivity contribution in [2.24, 2.45) is 21.7 Å². The monoisotopic (exact) mass is 508 g/mol. The molecule has 2 atom stereocenters. The second-order valence-electron chi connectivity index (χ2n) is 15.0. The maximum atomic E-state index is 11.8. The van der Waals surface area contributed by atoms with E-state index in [0.29, 0.717) is 0 Å². The van der Waals surface area contributed by atoms with Crippen molar-refractivity contribution in [2.75, 3.05) is 0 Å². The lowest BCUT2D eigenvalue weighted by atomic mass is 9.45. The number of ether oxygens (including phenoxy) is 2. The molecule has 37 heavy (non-hydrogen) atoms. The fraction of sp³-hybridized carbons (Fsp3) is 0.727. The van der Waals surface area contributed by atoms with Gasteiger partial charge < -0.3 is 14.6 Å². The molecule has 3 aliphatic carbocycles. The Balaban J connectivity index is 1.46. The van der Waals surface area contributed by atoms with Gasteiger partial charge in [0.05, 0.1) is 5.41 Å². The van der Waals surface area contributed by atoms with Crippen molar-refractivity contribution >= 4 is 5.97 Å². The Morgan fingerprint density at radius 3 is 2.16 bits per heavy atom. The summed E-state index contributed by atoms with van der Waals surface area (Å²) in [4.78, 5) is 11.8. The average Bonchev–Trinajstić information content (AvgIpc) is 3.13. The Morgan fingerprint density at radius 2 is 1.54 bits per heavy atom. The van der Waals surface area contributed by atoms with E-state index in [1.165, 1.54) is 23.1 Å². The normalized spacial score (nSPS) is 37.4. The Bertz CT molecular complexity index is 1160. The zero-order valence-electron chi connectivity index (χ0n) is 24.7. The molecule has 0 spiro atoms. The topological polar surface area (TPSA) is 55.8 Å². The lowest BCUT2D eigenvalue weighted by Crippen LogP contribution is -2.51. The van der Waals surface area contributed by atoms with E-state index in [1.54, 1.807) is 5.57 Å².